The van der Waals surface area contributed by atoms with Crippen molar-refractivity contribution in [3.63, 3.8) is 0 Å². The molecule has 2 aromatic rings. The fourth-order valence-corrected chi connectivity index (χ4v) is 3.62. The van der Waals surface area contributed by atoms with E-state index < -0.39 is 5.72 Å². The summed E-state index contributed by atoms with van der Waals surface area (Å²) < 4.78 is 0. The molecule has 0 spiro atoms. The summed E-state index contributed by atoms with van der Waals surface area (Å²) >= 11 is 6.09. The summed E-state index contributed by atoms with van der Waals surface area (Å²) in [5.41, 5.74) is 2.53. The Labute approximate surface area is 159 Å². The molecule has 3 rings (SSSR count). The smallest absolute Gasteiger partial charge is 0.185 e. The van der Waals surface area contributed by atoms with Crippen molar-refractivity contribution in [3.05, 3.63) is 51.4 Å². The van der Waals surface area contributed by atoms with Gasteiger partial charge >= 0.3 is 0 Å². The highest BCUT2D eigenvalue weighted by Crippen LogP contribution is 2.39. The van der Waals surface area contributed by atoms with Crippen LogP contribution in [0.25, 0.3) is 0 Å². The first kappa shape index (κ1) is 18.8. The first-order valence-corrected chi connectivity index (χ1v) is 9.39. The molecule has 0 saturated heterocycles. The van der Waals surface area contributed by atoms with E-state index >= 15 is 0 Å². The Kier molecular flexibility index (Phi) is 5.04. The van der Waals surface area contributed by atoms with Gasteiger partial charge < -0.3 is 10.4 Å². The molecular weight excluding hydrogens is 348 g/mol. The molecule has 1 aliphatic heterocycles. The van der Waals surface area contributed by atoms with Gasteiger partial charge in [-0.05, 0) is 51.3 Å². The van der Waals surface area contributed by atoms with Crippen LogP contribution in [0.3, 0.4) is 0 Å². The van der Waals surface area contributed by atoms with E-state index in [-0.39, 0.29) is 6.04 Å². The molecule has 138 valence electrons. The first-order chi connectivity index (χ1) is 12.3. The maximum absolute atomic E-state index is 11.0. The normalized spacial score (nSPS) is 18.8. The molecule has 1 unspecified atom stereocenters. The molecule has 0 radical (unpaired) electrons. The van der Waals surface area contributed by atoms with E-state index in [1.165, 1.54) is 0 Å². The molecule has 5 nitrogen and oxygen atoms in total. The average molecular weight is 373 g/mol. The van der Waals surface area contributed by atoms with Gasteiger partial charge in [0.25, 0.3) is 0 Å². The van der Waals surface area contributed by atoms with Gasteiger partial charge in [0, 0.05) is 16.6 Å². The van der Waals surface area contributed by atoms with Crippen LogP contribution in [0.4, 0.5) is 5.82 Å². The van der Waals surface area contributed by atoms with Crippen LogP contribution in [0, 0.1) is 13.8 Å². The van der Waals surface area contributed by atoms with E-state index in [2.05, 4.69) is 34.1 Å². The molecule has 6 heteroatoms. The number of fused-ring (bicyclic) bond motifs is 1. The number of nitrogens with one attached hydrogen (secondary N) is 1. The Hall–Kier alpha value is -1.98. The van der Waals surface area contributed by atoms with Crippen molar-refractivity contribution in [2.75, 3.05) is 5.32 Å². The third kappa shape index (κ3) is 3.33. The standard InChI is InChI=1S/C20H25ClN4O/c1-6-14(7-2)24-19-16-18(22-12(4)23-19)17(25-20(16,5)26)15-9-8-13(21)10-11(15)3/h8-10,14,26H,6-7H2,1-5H3,(H,22,23,24). The molecule has 2 N–H and O–H groups in total. The van der Waals surface area contributed by atoms with Crippen molar-refractivity contribution >= 4 is 23.1 Å². The van der Waals surface area contributed by atoms with Crippen LogP contribution < -0.4 is 5.32 Å². The molecule has 0 amide bonds. The Morgan fingerprint density at radius 1 is 1.19 bits per heavy atom. The van der Waals surface area contributed by atoms with Crippen molar-refractivity contribution in [2.24, 2.45) is 4.99 Å². The number of aliphatic imine (C=N–C) groups is 1. The lowest BCUT2D eigenvalue weighted by molar-refractivity contribution is 0.0715. The highest BCUT2D eigenvalue weighted by atomic mass is 35.5. The number of rotatable bonds is 5. The second-order valence-corrected chi connectivity index (χ2v) is 7.38. The van der Waals surface area contributed by atoms with Gasteiger partial charge in [-0.3, -0.25) is 0 Å². The second-order valence-electron chi connectivity index (χ2n) is 6.94. The quantitative estimate of drug-likeness (QED) is 0.817. The predicted octanol–water partition coefficient (Wildman–Crippen LogP) is 4.36. The molecule has 2 heterocycles. The molecule has 0 fully saturated rings. The molecule has 1 atom stereocenters. The molecule has 1 aromatic carbocycles. The number of nitrogens with zero attached hydrogens (tertiary/aromatic N) is 3. The minimum absolute atomic E-state index is 0.283. The van der Waals surface area contributed by atoms with Crippen LogP contribution in [0.15, 0.2) is 23.2 Å². The molecule has 0 aliphatic carbocycles. The van der Waals surface area contributed by atoms with Gasteiger partial charge in [0.15, 0.2) is 5.72 Å². The number of hydrogen-bond acceptors (Lipinski definition) is 5. The SMILES string of the molecule is CCC(CC)Nc1nc(C)nc2c1C(C)(O)N=C2c1ccc(Cl)cc1C. The molecule has 1 aromatic heterocycles. The molecule has 1 aliphatic rings. The zero-order chi connectivity index (χ0) is 19.1. The van der Waals surface area contributed by atoms with Gasteiger partial charge in [0.2, 0.25) is 0 Å². The Morgan fingerprint density at radius 2 is 1.88 bits per heavy atom. The second kappa shape index (κ2) is 6.97. The third-order valence-corrected chi connectivity index (χ3v) is 5.05. The van der Waals surface area contributed by atoms with Crippen LogP contribution in [0.1, 0.15) is 61.8 Å². The van der Waals surface area contributed by atoms with Crippen molar-refractivity contribution in [3.8, 4) is 0 Å². The van der Waals surface area contributed by atoms with Crippen LogP contribution in [-0.4, -0.2) is 26.8 Å². The van der Waals surface area contributed by atoms with Gasteiger partial charge in [-0.25, -0.2) is 15.0 Å². The lowest BCUT2D eigenvalue weighted by Gasteiger charge is -2.22. The highest BCUT2D eigenvalue weighted by molar-refractivity contribution is 6.31. The van der Waals surface area contributed by atoms with Crippen LogP contribution in [-0.2, 0) is 5.72 Å². The molecule has 0 saturated carbocycles. The van der Waals surface area contributed by atoms with Crippen molar-refractivity contribution in [2.45, 2.75) is 59.2 Å². The lowest BCUT2D eigenvalue weighted by atomic mass is 9.99. The molecular formula is C20H25ClN4O. The Balaban J connectivity index is 2.17. The van der Waals surface area contributed by atoms with Crippen molar-refractivity contribution < 1.29 is 5.11 Å². The summed E-state index contributed by atoms with van der Waals surface area (Å²) in [5, 5.41) is 15.2. The van der Waals surface area contributed by atoms with E-state index in [9.17, 15) is 5.11 Å². The average Bonchev–Trinajstić information content (AvgIpc) is 2.83. The van der Waals surface area contributed by atoms with Gasteiger partial charge in [-0.1, -0.05) is 31.5 Å². The van der Waals surface area contributed by atoms with E-state index in [4.69, 9.17) is 11.6 Å². The third-order valence-electron chi connectivity index (χ3n) is 4.82. The lowest BCUT2D eigenvalue weighted by Crippen LogP contribution is -2.25. The van der Waals surface area contributed by atoms with E-state index in [0.717, 1.165) is 24.0 Å². The zero-order valence-corrected chi connectivity index (χ0v) is 16.6. The van der Waals surface area contributed by atoms with Crippen molar-refractivity contribution in [1.29, 1.82) is 0 Å². The minimum atomic E-state index is -1.38. The van der Waals surface area contributed by atoms with Gasteiger partial charge in [0.1, 0.15) is 17.3 Å². The van der Waals surface area contributed by atoms with E-state index in [1.54, 1.807) is 6.92 Å². The summed E-state index contributed by atoms with van der Waals surface area (Å²) in [6, 6.07) is 5.93. The summed E-state index contributed by atoms with van der Waals surface area (Å²) in [4.78, 5) is 13.8. The highest BCUT2D eigenvalue weighted by Gasteiger charge is 2.39. The van der Waals surface area contributed by atoms with Gasteiger partial charge in [-0.2, -0.15) is 0 Å². The van der Waals surface area contributed by atoms with Crippen LogP contribution in [0.5, 0.6) is 0 Å². The number of aromatic nitrogens is 2. The monoisotopic (exact) mass is 372 g/mol. The first-order valence-electron chi connectivity index (χ1n) is 9.01. The number of hydrogen-bond donors (Lipinski definition) is 2. The van der Waals surface area contributed by atoms with E-state index in [1.807, 2.05) is 32.0 Å². The van der Waals surface area contributed by atoms with Crippen molar-refractivity contribution in [1.82, 2.24) is 9.97 Å². The fraction of sp³-hybridized carbons (Fsp3) is 0.450. The maximum atomic E-state index is 11.0. The predicted molar refractivity (Wildman–Crippen MR) is 106 cm³/mol. The number of benzene rings is 1. The maximum Gasteiger partial charge on any atom is 0.185 e. The van der Waals surface area contributed by atoms with Gasteiger partial charge in [-0.15, -0.1) is 0 Å². The largest absolute Gasteiger partial charge is 0.367 e. The molecule has 26 heavy (non-hydrogen) atoms. The number of anilines is 1. The summed E-state index contributed by atoms with van der Waals surface area (Å²) in [7, 11) is 0. The van der Waals surface area contributed by atoms with Gasteiger partial charge in [0.05, 0.1) is 11.3 Å². The number of halogens is 1. The van der Waals surface area contributed by atoms with E-state index in [0.29, 0.717) is 33.6 Å². The summed E-state index contributed by atoms with van der Waals surface area (Å²) in [6.45, 7) is 9.78. The Morgan fingerprint density at radius 3 is 2.50 bits per heavy atom. The number of aryl methyl sites for hydroxylation is 2. The number of aliphatic hydroxyl groups is 1. The summed E-state index contributed by atoms with van der Waals surface area (Å²) in [5.74, 6) is 1.31. The van der Waals surface area contributed by atoms with Crippen LogP contribution in [0.2, 0.25) is 5.02 Å². The molecule has 0 bridgehead atoms. The Bertz CT molecular complexity index is 872. The minimum Gasteiger partial charge on any atom is -0.367 e. The summed E-state index contributed by atoms with van der Waals surface area (Å²) in [6.07, 6.45) is 1.95. The fourth-order valence-electron chi connectivity index (χ4n) is 3.39. The van der Waals surface area contributed by atoms with Crippen LogP contribution >= 0.6 is 11.6 Å². The topological polar surface area (TPSA) is 70.4 Å². The zero-order valence-electron chi connectivity index (χ0n) is 15.9.